The largest absolute Gasteiger partial charge is 0.494 e. The van der Waals surface area contributed by atoms with Crippen LogP contribution in [0, 0.1) is 0 Å². The molecule has 1 aromatic heterocycles. The molecule has 2 amide bonds. The summed E-state index contributed by atoms with van der Waals surface area (Å²) >= 11 is 0. The number of hydrogen-bond donors (Lipinski definition) is 1. The van der Waals surface area contributed by atoms with E-state index in [1.54, 1.807) is 32.1 Å². The number of furan rings is 1. The Bertz CT molecular complexity index is 1190. The van der Waals surface area contributed by atoms with Crippen LogP contribution >= 0.6 is 0 Å². The Hall–Kier alpha value is -4.13. The topological polar surface area (TPSA) is 84.1 Å². The molecule has 0 radical (unpaired) electrons. The smallest absolute Gasteiger partial charge is 0.297 e. The molecule has 0 aliphatic carbocycles. The zero-order valence-electron chi connectivity index (χ0n) is 18.7. The SMILES string of the molecule is CCOc1ccc(C(C)(C)C(=O)NN2C(=O)/C(=C/c3ccco3)N=C2c2ccccc2)cc1. The van der Waals surface area contributed by atoms with Crippen LogP contribution in [0.25, 0.3) is 6.08 Å². The number of benzene rings is 2. The summed E-state index contributed by atoms with van der Waals surface area (Å²) in [6, 6.07) is 20.1. The van der Waals surface area contributed by atoms with Crippen molar-refractivity contribution in [2.24, 2.45) is 4.99 Å². The molecule has 0 spiro atoms. The quantitative estimate of drug-likeness (QED) is 0.552. The van der Waals surface area contributed by atoms with Crippen LogP contribution in [0.2, 0.25) is 0 Å². The van der Waals surface area contributed by atoms with Crippen molar-refractivity contribution in [3.05, 3.63) is 95.6 Å². The highest BCUT2D eigenvalue weighted by atomic mass is 16.5. The lowest BCUT2D eigenvalue weighted by atomic mass is 9.84. The predicted octanol–water partition coefficient (Wildman–Crippen LogP) is 4.32. The molecule has 0 unspecified atom stereocenters. The maximum absolute atomic E-state index is 13.3. The van der Waals surface area contributed by atoms with Crippen molar-refractivity contribution in [3.63, 3.8) is 0 Å². The van der Waals surface area contributed by atoms with Gasteiger partial charge >= 0.3 is 0 Å². The van der Waals surface area contributed by atoms with E-state index >= 15 is 0 Å². The molecular weight excluding hydrogens is 418 g/mol. The first kappa shape index (κ1) is 22.1. The van der Waals surface area contributed by atoms with Crippen LogP contribution in [0.4, 0.5) is 0 Å². The third kappa shape index (κ3) is 4.57. The zero-order valence-corrected chi connectivity index (χ0v) is 18.7. The first-order valence-corrected chi connectivity index (χ1v) is 10.7. The molecule has 2 heterocycles. The second-order valence-corrected chi connectivity index (χ2v) is 8.01. The van der Waals surface area contributed by atoms with E-state index in [-0.39, 0.29) is 11.6 Å². The number of aliphatic imine (C=N–C) groups is 1. The molecule has 3 aromatic rings. The van der Waals surface area contributed by atoms with Crippen LogP contribution < -0.4 is 10.2 Å². The van der Waals surface area contributed by atoms with Gasteiger partial charge in [-0.1, -0.05) is 42.5 Å². The number of rotatable bonds is 7. The summed E-state index contributed by atoms with van der Waals surface area (Å²) in [6.07, 6.45) is 3.07. The summed E-state index contributed by atoms with van der Waals surface area (Å²) in [5.74, 6) is 0.786. The van der Waals surface area contributed by atoms with Gasteiger partial charge < -0.3 is 9.15 Å². The van der Waals surface area contributed by atoms with Gasteiger partial charge in [0.2, 0.25) is 5.91 Å². The molecule has 4 rings (SSSR count). The number of carbonyl (C=O) groups excluding carboxylic acids is 2. The molecule has 1 aliphatic rings. The molecule has 1 aliphatic heterocycles. The number of nitrogens with zero attached hydrogens (tertiary/aromatic N) is 2. The molecule has 168 valence electrons. The van der Waals surface area contributed by atoms with Crippen molar-refractivity contribution in [2.45, 2.75) is 26.2 Å². The Morgan fingerprint density at radius 1 is 1.09 bits per heavy atom. The van der Waals surface area contributed by atoms with E-state index in [0.29, 0.717) is 23.8 Å². The first-order valence-electron chi connectivity index (χ1n) is 10.7. The standard InChI is InChI=1S/C26H25N3O4/c1-4-32-20-14-12-19(13-15-20)26(2,3)25(31)28-29-23(18-9-6-5-7-10-18)27-22(24(29)30)17-21-11-8-16-33-21/h5-17H,4H2,1-3H3,(H,28,31)/b22-17-. The van der Waals surface area contributed by atoms with Gasteiger partial charge in [-0.3, -0.25) is 15.0 Å². The van der Waals surface area contributed by atoms with E-state index < -0.39 is 11.3 Å². The molecular formula is C26H25N3O4. The highest BCUT2D eigenvalue weighted by Crippen LogP contribution is 2.27. The number of hydrogen-bond acceptors (Lipinski definition) is 5. The zero-order chi connectivity index (χ0) is 23.4. The lowest BCUT2D eigenvalue weighted by molar-refractivity contribution is -0.136. The van der Waals surface area contributed by atoms with Crippen LogP contribution in [0.5, 0.6) is 5.75 Å². The molecule has 7 heteroatoms. The molecule has 0 saturated carbocycles. The van der Waals surface area contributed by atoms with Gasteiger partial charge in [-0.25, -0.2) is 4.99 Å². The third-order valence-electron chi connectivity index (χ3n) is 5.38. The fraction of sp³-hybridized carbons (Fsp3) is 0.192. The average Bonchev–Trinajstić information content (AvgIpc) is 3.44. The highest BCUT2D eigenvalue weighted by molar-refractivity contribution is 6.20. The third-order valence-corrected chi connectivity index (χ3v) is 5.38. The summed E-state index contributed by atoms with van der Waals surface area (Å²) < 4.78 is 10.8. The second kappa shape index (κ2) is 9.16. The maximum Gasteiger partial charge on any atom is 0.297 e. The maximum atomic E-state index is 13.3. The van der Waals surface area contributed by atoms with E-state index in [9.17, 15) is 9.59 Å². The lowest BCUT2D eigenvalue weighted by Gasteiger charge is -2.28. The predicted molar refractivity (Wildman–Crippen MR) is 125 cm³/mol. The van der Waals surface area contributed by atoms with Gasteiger partial charge in [0.1, 0.15) is 17.2 Å². The number of amides is 2. The first-order chi connectivity index (χ1) is 15.9. The van der Waals surface area contributed by atoms with Crippen molar-refractivity contribution in [1.29, 1.82) is 0 Å². The van der Waals surface area contributed by atoms with Crippen LogP contribution in [0.15, 0.2) is 88.1 Å². The number of amidine groups is 1. The summed E-state index contributed by atoms with van der Waals surface area (Å²) in [6.45, 7) is 6.09. The minimum absolute atomic E-state index is 0.169. The van der Waals surface area contributed by atoms with E-state index in [1.165, 1.54) is 11.3 Å². The molecule has 0 atom stereocenters. The fourth-order valence-corrected chi connectivity index (χ4v) is 3.42. The van der Waals surface area contributed by atoms with Crippen molar-refractivity contribution in [3.8, 4) is 5.75 Å². The Balaban J connectivity index is 1.62. The van der Waals surface area contributed by atoms with Gasteiger partial charge in [0, 0.05) is 11.6 Å². The Kier molecular flexibility index (Phi) is 6.13. The van der Waals surface area contributed by atoms with Crippen molar-refractivity contribution in [1.82, 2.24) is 10.4 Å². The van der Waals surface area contributed by atoms with Gasteiger partial charge in [-0.15, -0.1) is 0 Å². The monoisotopic (exact) mass is 443 g/mol. The van der Waals surface area contributed by atoms with Gasteiger partial charge in [0.15, 0.2) is 5.84 Å². The highest BCUT2D eigenvalue weighted by Gasteiger charge is 2.37. The number of hydrazine groups is 1. The summed E-state index contributed by atoms with van der Waals surface area (Å²) in [4.78, 5) is 31.0. The fourth-order valence-electron chi connectivity index (χ4n) is 3.42. The molecule has 2 aromatic carbocycles. The molecule has 0 bridgehead atoms. The van der Waals surface area contributed by atoms with Gasteiger partial charge in [-0.05, 0) is 50.6 Å². The lowest BCUT2D eigenvalue weighted by Crippen LogP contribution is -2.52. The molecule has 0 saturated heterocycles. The molecule has 0 fully saturated rings. The normalized spacial score (nSPS) is 15.0. The van der Waals surface area contributed by atoms with Crippen molar-refractivity contribution >= 4 is 23.7 Å². The molecule has 7 nitrogen and oxygen atoms in total. The van der Waals surface area contributed by atoms with Gasteiger partial charge in [0.05, 0.1) is 18.3 Å². The van der Waals surface area contributed by atoms with Crippen molar-refractivity contribution < 1.29 is 18.7 Å². The summed E-state index contributed by atoms with van der Waals surface area (Å²) in [5.41, 5.74) is 3.52. The summed E-state index contributed by atoms with van der Waals surface area (Å²) in [7, 11) is 0. The average molecular weight is 444 g/mol. The van der Waals surface area contributed by atoms with Crippen LogP contribution in [-0.2, 0) is 15.0 Å². The second-order valence-electron chi connectivity index (χ2n) is 8.01. The molecule has 1 N–H and O–H groups in total. The minimum atomic E-state index is -0.916. The number of nitrogens with one attached hydrogen (secondary N) is 1. The van der Waals surface area contributed by atoms with Gasteiger partial charge in [0.25, 0.3) is 5.91 Å². The van der Waals surface area contributed by atoms with Gasteiger partial charge in [-0.2, -0.15) is 5.01 Å². The van der Waals surface area contributed by atoms with Crippen LogP contribution in [0.1, 0.15) is 37.7 Å². The van der Waals surface area contributed by atoms with Crippen LogP contribution in [-0.4, -0.2) is 29.3 Å². The van der Waals surface area contributed by atoms with Crippen molar-refractivity contribution in [2.75, 3.05) is 6.61 Å². The van der Waals surface area contributed by atoms with E-state index in [0.717, 1.165) is 11.3 Å². The number of ether oxygens (including phenoxy) is 1. The van der Waals surface area contributed by atoms with Crippen LogP contribution in [0.3, 0.4) is 0 Å². The molecule has 33 heavy (non-hydrogen) atoms. The minimum Gasteiger partial charge on any atom is -0.494 e. The van der Waals surface area contributed by atoms with E-state index in [4.69, 9.17) is 9.15 Å². The van der Waals surface area contributed by atoms with E-state index in [1.807, 2.05) is 61.5 Å². The Labute approximate surface area is 192 Å². The Morgan fingerprint density at radius 3 is 2.45 bits per heavy atom. The van der Waals surface area contributed by atoms with E-state index in [2.05, 4.69) is 10.4 Å². The number of carbonyl (C=O) groups is 2. The Morgan fingerprint density at radius 2 is 1.82 bits per heavy atom. The summed E-state index contributed by atoms with van der Waals surface area (Å²) in [5, 5.41) is 1.20.